The third-order valence-corrected chi connectivity index (χ3v) is 4.29. The number of carbonyl (C=O) groups is 1. The average molecular weight is 374 g/mol. The molecule has 1 aromatic heterocycles. The first-order valence-corrected chi connectivity index (χ1v) is 8.14. The Morgan fingerprint density at radius 2 is 1.91 bits per heavy atom. The number of halogens is 1. The van der Waals surface area contributed by atoms with E-state index in [0.717, 1.165) is 15.4 Å². The number of hydrogen-bond donors (Lipinski definition) is 2. The van der Waals surface area contributed by atoms with Crippen LogP contribution in [0.15, 0.2) is 63.5 Å². The van der Waals surface area contributed by atoms with Gasteiger partial charge in [0.15, 0.2) is 0 Å². The van der Waals surface area contributed by atoms with Gasteiger partial charge in [-0.25, -0.2) is 0 Å². The fourth-order valence-electron chi connectivity index (χ4n) is 2.37. The van der Waals surface area contributed by atoms with E-state index in [9.17, 15) is 9.90 Å². The molecule has 0 saturated heterocycles. The zero-order valence-corrected chi connectivity index (χ0v) is 13.9. The lowest BCUT2D eigenvalue weighted by Crippen LogP contribution is -2.25. The fourth-order valence-corrected chi connectivity index (χ4v) is 2.84. The molecule has 2 aromatic carbocycles. The molecule has 0 aliphatic heterocycles. The van der Waals surface area contributed by atoms with Gasteiger partial charge in [-0.1, -0.05) is 30.3 Å². The third-order valence-electron chi connectivity index (χ3n) is 3.59. The number of aliphatic hydroxyl groups excluding tert-OH is 1. The molecule has 3 aromatic rings. The predicted molar refractivity (Wildman–Crippen MR) is 92.3 cm³/mol. The first-order chi connectivity index (χ1) is 11.1. The minimum atomic E-state index is -0.748. The topological polar surface area (TPSA) is 62.5 Å². The summed E-state index contributed by atoms with van der Waals surface area (Å²) in [6.07, 6.45) is -0.363. The summed E-state index contributed by atoms with van der Waals surface area (Å²) in [5, 5.41) is 14.0. The minimum Gasteiger partial charge on any atom is -0.458 e. The molecule has 4 nitrogen and oxygen atoms in total. The van der Waals surface area contributed by atoms with Crippen LogP contribution in [0.1, 0.15) is 28.6 Å². The van der Waals surface area contributed by atoms with Crippen LogP contribution < -0.4 is 5.32 Å². The van der Waals surface area contributed by atoms with Crippen LogP contribution in [-0.4, -0.2) is 17.6 Å². The lowest BCUT2D eigenvalue weighted by atomic mass is 10.1. The van der Waals surface area contributed by atoms with Crippen LogP contribution in [0.4, 0.5) is 0 Å². The van der Waals surface area contributed by atoms with Gasteiger partial charge >= 0.3 is 0 Å². The molecule has 0 radical (unpaired) electrons. The van der Waals surface area contributed by atoms with Gasteiger partial charge in [0.05, 0.1) is 5.56 Å². The van der Waals surface area contributed by atoms with Crippen LogP contribution >= 0.6 is 15.9 Å². The Morgan fingerprint density at radius 1 is 1.17 bits per heavy atom. The van der Waals surface area contributed by atoms with E-state index in [1.54, 1.807) is 6.07 Å². The second-order valence-electron chi connectivity index (χ2n) is 5.23. The molecule has 0 bridgehead atoms. The molecule has 0 fully saturated rings. The molecule has 1 amide bonds. The standard InChI is InChI=1S/C18H16BrNO3/c19-14-7-3-2-6-13(14)18(22)20-10-9-15(21)17-11-12-5-1-4-8-16(12)23-17/h1-8,11,15,21H,9-10H2,(H,20,22)/t15-/m0/s1. The number of furan rings is 1. The monoisotopic (exact) mass is 373 g/mol. The van der Waals surface area contributed by atoms with Crippen molar-refractivity contribution in [3.05, 3.63) is 70.4 Å². The molecule has 0 aliphatic rings. The van der Waals surface area contributed by atoms with Crippen molar-refractivity contribution in [3.8, 4) is 0 Å². The van der Waals surface area contributed by atoms with Crippen molar-refractivity contribution in [3.63, 3.8) is 0 Å². The van der Waals surface area contributed by atoms with Gasteiger partial charge in [0.1, 0.15) is 17.4 Å². The zero-order valence-electron chi connectivity index (χ0n) is 12.3. The van der Waals surface area contributed by atoms with E-state index in [1.807, 2.05) is 48.5 Å². The van der Waals surface area contributed by atoms with Crippen LogP contribution in [0.5, 0.6) is 0 Å². The Balaban J connectivity index is 1.58. The second kappa shape index (κ2) is 6.98. The maximum absolute atomic E-state index is 12.1. The first-order valence-electron chi connectivity index (χ1n) is 7.34. The summed E-state index contributed by atoms with van der Waals surface area (Å²) >= 11 is 3.35. The quantitative estimate of drug-likeness (QED) is 0.708. The third kappa shape index (κ3) is 3.63. The van der Waals surface area contributed by atoms with E-state index < -0.39 is 6.10 Å². The molecule has 5 heteroatoms. The van der Waals surface area contributed by atoms with E-state index >= 15 is 0 Å². The maximum Gasteiger partial charge on any atom is 0.252 e. The Morgan fingerprint density at radius 3 is 2.70 bits per heavy atom. The highest BCUT2D eigenvalue weighted by atomic mass is 79.9. The van der Waals surface area contributed by atoms with Crippen LogP contribution in [0.2, 0.25) is 0 Å². The van der Waals surface area contributed by atoms with Gasteiger partial charge in [0, 0.05) is 16.4 Å². The van der Waals surface area contributed by atoms with Gasteiger partial charge < -0.3 is 14.8 Å². The maximum atomic E-state index is 12.1. The molecule has 3 rings (SSSR count). The molecular weight excluding hydrogens is 358 g/mol. The summed E-state index contributed by atoms with van der Waals surface area (Å²) in [6.45, 7) is 0.360. The fraction of sp³-hybridized carbons (Fsp3) is 0.167. The van der Waals surface area contributed by atoms with E-state index in [-0.39, 0.29) is 5.91 Å². The lowest BCUT2D eigenvalue weighted by Gasteiger charge is -2.09. The number of amides is 1. The Bertz CT molecular complexity index is 795. The largest absolute Gasteiger partial charge is 0.458 e. The highest BCUT2D eigenvalue weighted by molar-refractivity contribution is 9.10. The molecule has 118 valence electrons. The second-order valence-corrected chi connectivity index (χ2v) is 6.08. The van der Waals surface area contributed by atoms with Crippen LogP contribution in [0.3, 0.4) is 0 Å². The zero-order chi connectivity index (χ0) is 16.2. The number of para-hydroxylation sites is 1. The summed E-state index contributed by atoms with van der Waals surface area (Å²) in [5.74, 6) is 0.343. The number of rotatable bonds is 5. The van der Waals surface area contributed by atoms with E-state index in [1.165, 1.54) is 0 Å². The van der Waals surface area contributed by atoms with Gasteiger partial charge in [-0.3, -0.25) is 4.79 Å². The van der Waals surface area contributed by atoms with Crippen LogP contribution in [0, 0.1) is 0 Å². The number of carbonyl (C=O) groups excluding carboxylic acids is 1. The number of fused-ring (bicyclic) bond motifs is 1. The normalized spacial score (nSPS) is 12.3. The van der Waals surface area contributed by atoms with Gasteiger partial charge in [-0.15, -0.1) is 0 Å². The van der Waals surface area contributed by atoms with Crippen molar-refractivity contribution in [2.75, 3.05) is 6.54 Å². The Kier molecular flexibility index (Phi) is 4.79. The van der Waals surface area contributed by atoms with Crippen LogP contribution in [-0.2, 0) is 0 Å². The first kappa shape index (κ1) is 15.8. The van der Waals surface area contributed by atoms with Crippen molar-refractivity contribution < 1.29 is 14.3 Å². The molecule has 0 saturated carbocycles. The van der Waals surface area contributed by atoms with Crippen LogP contribution in [0.25, 0.3) is 11.0 Å². The molecule has 1 heterocycles. The van der Waals surface area contributed by atoms with Crippen molar-refractivity contribution in [2.24, 2.45) is 0 Å². The highest BCUT2D eigenvalue weighted by Crippen LogP contribution is 2.25. The number of aliphatic hydroxyl groups is 1. The van der Waals surface area contributed by atoms with Gasteiger partial charge in [0.25, 0.3) is 5.91 Å². The lowest BCUT2D eigenvalue weighted by molar-refractivity contribution is 0.0936. The summed E-state index contributed by atoms with van der Waals surface area (Å²) in [5.41, 5.74) is 1.32. The molecule has 0 aliphatic carbocycles. The summed E-state index contributed by atoms with van der Waals surface area (Å²) < 4.78 is 6.37. The highest BCUT2D eigenvalue weighted by Gasteiger charge is 2.14. The SMILES string of the molecule is O=C(NCC[C@H](O)c1cc2ccccc2o1)c1ccccc1Br. The summed E-state index contributed by atoms with van der Waals surface area (Å²) in [6, 6.07) is 16.7. The van der Waals surface area contributed by atoms with Gasteiger partial charge in [-0.2, -0.15) is 0 Å². The van der Waals surface area contributed by atoms with Crippen molar-refractivity contribution in [2.45, 2.75) is 12.5 Å². The van der Waals surface area contributed by atoms with Crippen molar-refractivity contribution in [1.82, 2.24) is 5.32 Å². The smallest absolute Gasteiger partial charge is 0.252 e. The average Bonchev–Trinajstić information content (AvgIpc) is 2.99. The van der Waals surface area contributed by atoms with Crippen molar-refractivity contribution in [1.29, 1.82) is 0 Å². The Hall–Kier alpha value is -2.11. The number of nitrogens with one attached hydrogen (secondary N) is 1. The predicted octanol–water partition coefficient (Wildman–Crippen LogP) is 4.05. The van der Waals surface area contributed by atoms with E-state index in [4.69, 9.17) is 4.42 Å². The number of hydrogen-bond acceptors (Lipinski definition) is 3. The molecule has 2 N–H and O–H groups in total. The van der Waals surface area contributed by atoms with Gasteiger partial charge in [0.2, 0.25) is 0 Å². The molecule has 0 unspecified atom stereocenters. The minimum absolute atomic E-state index is 0.172. The summed E-state index contributed by atoms with van der Waals surface area (Å²) in [7, 11) is 0. The van der Waals surface area contributed by atoms with E-state index in [2.05, 4.69) is 21.2 Å². The molecular formula is C18H16BrNO3. The molecule has 1 atom stereocenters. The Labute approximate surface area is 142 Å². The summed E-state index contributed by atoms with van der Waals surface area (Å²) in [4.78, 5) is 12.1. The molecule has 0 spiro atoms. The van der Waals surface area contributed by atoms with E-state index in [0.29, 0.717) is 24.3 Å². The molecule has 23 heavy (non-hydrogen) atoms. The van der Waals surface area contributed by atoms with Crippen molar-refractivity contribution >= 4 is 32.8 Å². The number of benzene rings is 2. The van der Waals surface area contributed by atoms with Gasteiger partial charge in [-0.05, 0) is 46.6 Å².